The van der Waals surface area contributed by atoms with Crippen LogP contribution < -0.4 is 19.1 Å². The zero-order valence-corrected chi connectivity index (χ0v) is 20.9. The van der Waals surface area contributed by atoms with E-state index in [4.69, 9.17) is 14.2 Å². The highest BCUT2D eigenvalue weighted by atomic mass is 16.5. The van der Waals surface area contributed by atoms with E-state index in [1.54, 1.807) is 21.3 Å². The molecule has 180 valence electrons. The van der Waals surface area contributed by atoms with Gasteiger partial charge in [0.15, 0.2) is 17.3 Å². The van der Waals surface area contributed by atoms with Gasteiger partial charge >= 0.3 is 0 Å². The van der Waals surface area contributed by atoms with Crippen molar-refractivity contribution in [2.45, 2.75) is 52.4 Å². The van der Waals surface area contributed by atoms with Gasteiger partial charge in [-0.25, -0.2) is 0 Å². The molecule has 0 N–H and O–H groups in total. The molecule has 1 heterocycles. The monoisotopic (exact) mass is 463 g/mol. The Morgan fingerprint density at radius 3 is 2.21 bits per heavy atom. The Morgan fingerprint density at radius 1 is 0.971 bits per heavy atom. The summed E-state index contributed by atoms with van der Waals surface area (Å²) < 4.78 is 16.6. The molecule has 2 aliphatic rings. The quantitative estimate of drug-likeness (QED) is 0.571. The van der Waals surface area contributed by atoms with E-state index in [9.17, 15) is 9.59 Å². The van der Waals surface area contributed by atoms with E-state index in [0.29, 0.717) is 30.1 Å². The van der Waals surface area contributed by atoms with Crippen molar-refractivity contribution in [3.8, 4) is 17.2 Å². The standard InChI is InChI=1S/C28H33NO5/c1-7-17-10-8-9-11-20(17)29-21-15-28(2,3)16-22(30)26(21)19(14-25(29)31)18-12-23(32-4)27(34-6)24(13-18)33-5/h8-13,19H,7,14-16H2,1-6H3. The van der Waals surface area contributed by atoms with Gasteiger partial charge in [-0.15, -0.1) is 0 Å². The van der Waals surface area contributed by atoms with E-state index in [0.717, 1.165) is 34.5 Å². The second-order valence-electron chi connectivity index (χ2n) is 9.73. The number of aryl methyl sites for hydroxylation is 1. The average Bonchev–Trinajstić information content (AvgIpc) is 2.81. The molecular weight excluding hydrogens is 430 g/mol. The molecule has 1 amide bonds. The summed E-state index contributed by atoms with van der Waals surface area (Å²) in [7, 11) is 4.69. The summed E-state index contributed by atoms with van der Waals surface area (Å²) in [5.41, 5.74) is 4.08. The maximum absolute atomic E-state index is 13.7. The first kappa shape index (κ1) is 23.9. The minimum Gasteiger partial charge on any atom is -0.493 e. The fourth-order valence-electron chi connectivity index (χ4n) is 5.31. The fourth-order valence-corrected chi connectivity index (χ4v) is 5.31. The molecule has 1 atom stereocenters. The van der Waals surface area contributed by atoms with Crippen LogP contribution in [0, 0.1) is 5.41 Å². The third kappa shape index (κ3) is 4.06. The van der Waals surface area contributed by atoms with Crippen LogP contribution in [0.4, 0.5) is 5.69 Å². The molecule has 0 aromatic heterocycles. The Bertz CT molecular complexity index is 1140. The summed E-state index contributed by atoms with van der Waals surface area (Å²) in [6.07, 6.45) is 2.10. The molecule has 2 aromatic carbocycles. The Balaban J connectivity index is 1.94. The number of anilines is 1. The van der Waals surface area contributed by atoms with Crippen LogP contribution in [0.5, 0.6) is 17.2 Å². The highest BCUT2D eigenvalue weighted by Crippen LogP contribution is 2.50. The van der Waals surface area contributed by atoms with Crippen LogP contribution in [0.15, 0.2) is 47.7 Å². The molecule has 0 saturated carbocycles. The van der Waals surface area contributed by atoms with Crippen molar-refractivity contribution in [1.82, 2.24) is 0 Å². The number of carbonyl (C=O) groups is 2. The zero-order chi connectivity index (χ0) is 24.6. The van der Waals surface area contributed by atoms with Gasteiger partial charge < -0.3 is 14.2 Å². The van der Waals surface area contributed by atoms with Crippen molar-refractivity contribution in [1.29, 1.82) is 0 Å². The number of Topliss-reactive ketones (excluding diaryl/α,β-unsaturated/α-hetero) is 1. The van der Waals surface area contributed by atoms with Gasteiger partial charge in [0.2, 0.25) is 11.7 Å². The van der Waals surface area contributed by atoms with E-state index < -0.39 is 0 Å². The van der Waals surface area contributed by atoms with Crippen molar-refractivity contribution in [3.05, 3.63) is 58.8 Å². The van der Waals surface area contributed by atoms with Gasteiger partial charge in [0.1, 0.15) is 0 Å². The molecule has 4 rings (SSSR count). The predicted octanol–water partition coefficient (Wildman–Crippen LogP) is 5.44. The summed E-state index contributed by atoms with van der Waals surface area (Å²) in [4.78, 5) is 29.2. The highest BCUT2D eigenvalue weighted by molar-refractivity contribution is 6.08. The lowest BCUT2D eigenvalue weighted by atomic mass is 9.69. The third-order valence-corrected chi connectivity index (χ3v) is 6.85. The SMILES string of the molecule is CCc1ccccc1N1C(=O)CC(c2cc(OC)c(OC)c(OC)c2)C2=C1CC(C)(C)CC2=O. The first-order valence-electron chi connectivity index (χ1n) is 11.7. The molecule has 34 heavy (non-hydrogen) atoms. The smallest absolute Gasteiger partial charge is 0.232 e. The van der Waals surface area contributed by atoms with Crippen LogP contribution in [0.1, 0.15) is 57.1 Å². The topological polar surface area (TPSA) is 65.1 Å². The molecule has 0 fully saturated rings. The van der Waals surface area contributed by atoms with Crippen molar-refractivity contribution in [2.24, 2.45) is 5.41 Å². The largest absolute Gasteiger partial charge is 0.493 e. The van der Waals surface area contributed by atoms with Crippen molar-refractivity contribution < 1.29 is 23.8 Å². The number of carbonyl (C=O) groups excluding carboxylic acids is 2. The van der Waals surface area contributed by atoms with E-state index >= 15 is 0 Å². The number of hydrogen-bond donors (Lipinski definition) is 0. The van der Waals surface area contributed by atoms with Crippen LogP contribution in [0.3, 0.4) is 0 Å². The fraction of sp³-hybridized carbons (Fsp3) is 0.429. The van der Waals surface area contributed by atoms with Gasteiger partial charge in [0.05, 0.1) is 27.0 Å². The number of amides is 1. The van der Waals surface area contributed by atoms with Gasteiger partial charge in [0.25, 0.3) is 0 Å². The molecule has 1 aliphatic heterocycles. The number of allylic oxidation sites excluding steroid dienone is 2. The minimum absolute atomic E-state index is 0.0103. The summed E-state index contributed by atoms with van der Waals surface area (Å²) in [6, 6.07) is 11.7. The number of rotatable bonds is 6. The minimum atomic E-state index is -0.371. The second-order valence-corrected chi connectivity index (χ2v) is 9.73. The van der Waals surface area contributed by atoms with Gasteiger partial charge in [0, 0.05) is 30.0 Å². The maximum Gasteiger partial charge on any atom is 0.232 e. The van der Waals surface area contributed by atoms with Crippen molar-refractivity contribution >= 4 is 17.4 Å². The summed E-state index contributed by atoms with van der Waals surface area (Å²) in [6.45, 7) is 6.26. The molecule has 2 aromatic rings. The summed E-state index contributed by atoms with van der Waals surface area (Å²) >= 11 is 0. The highest BCUT2D eigenvalue weighted by Gasteiger charge is 2.45. The van der Waals surface area contributed by atoms with Gasteiger partial charge in [-0.2, -0.15) is 0 Å². The van der Waals surface area contributed by atoms with Crippen LogP contribution in [-0.2, 0) is 16.0 Å². The molecular formula is C28H33NO5. The average molecular weight is 464 g/mol. The van der Waals surface area contributed by atoms with Gasteiger partial charge in [-0.1, -0.05) is 39.0 Å². The maximum atomic E-state index is 13.7. The van der Waals surface area contributed by atoms with E-state index in [2.05, 4.69) is 20.8 Å². The molecule has 0 bridgehead atoms. The van der Waals surface area contributed by atoms with Gasteiger partial charge in [-0.3, -0.25) is 14.5 Å². The number of ether oxygens (including phenoxy) is 3. The summed E-state index contributed by atoms with van der Waals surface area (Å²) in [5, 5.41) is 0. The number of para-hydroxylation sites is 1. The molecule has 0 spiro atoms. The first-order chi connectivity index (χ1) is 16.2. The third-order valence-electron chi connectivity index (χ3n) is 6.85. The van der Waals surface area contributed by atoms with Gasteiger partial charge in [-0.05, 0) is 47.6 Å². The van der Waals surface area contributed by atoms with E-state index in [1.165, 1.54) is 0 Å². The second kappa shape index (κ2) is 9.16. The normalized spacial score (nSPS) is 19.7. The Morgan fingerprint density at radius 2 is 1.62 bits per heavy atom. The molecule has 0 saturated heterocycles. The van der Waals surface area contributed by atoms with Crippen LogP contribution >= 0.6 is 0 Å². The van der Waals surface area contributed by atoms with Crippen LogP contribution in [0.25, 0.3) is 0 Å². The van der Waals surface area contributed by atoms with Crippen LogP contribution in [-0.4, -0.2) is 33.0 Å². The number of benzene rings is 2. The molecule has 1 unspecified atom stereocenters. The Labute approximate surface area is 201 Å². The molecule has 1 aliphatic carbocycles. The van der Waals surface area contributed by atoms with Crippen molar-refractivity contribution in [2.75, 3.05) is 26.2 Å². The van der Waals surface area contributed by atoms with Crippen molar-refractivity contribution in [3.63, 3.8) is 0 Å². The molecule has 0 radical (unpaired) electrons. The number of nitrogens with zero attached hydrogens (tertiary/aromatic N) is 1. The van der Waals surface area contributed by atoms with Crippen LogP contribution in [0.2, 0.25) is 0 Å². The zero-order valence-electron chi connectivity index (χ0n) is 20.9. The van der Waals surface area contributed by atoms with E-state index in [1.807, 2.05) is 41.3 Å². The number of ketones is 1. The molecule has 6 nitrogen and oxygen atoms in total. The Hall–Kier alpha value is -3.28. The molecule has 6 heteroatoms. The lowest BCUT2D eigenvalue weighted by Gasteiger charge is -2.43. The lowest BCUT2D eigenvalue weighted by molar-refractivity contribution is -0.121. The van der Waals surface area contributed by atoms with E-state index in [-0.39, 0.29) is 29.4 Å². The lowest BCUT2D eigenvalue weighted by Crippen LogP contribution is -2.44. The predicted molar refractivity (Wildman–Crippen MR) is 132 cm³/mol. The number of methoxy groups -OCH3 is 3. The number of hydrogen-bond acceptors (Lipinski definition) is 5. The first-order valence-corrected chi connectivity index (χ1v) is 11.7. The Kier molecular flexibility index (Phi) is 6.43. The summed E-state index contributed by atoms with van der Waals surface area (Å²) in [5.74, 6) is 1.22.